The van der Waals surface area contributed by atoms with E-state index in [9.17, 15) is 0 Å². The fourth-order valence-electron chi connectivity index (χ4n) is 5.61. The van der Waals surface area contributed by atoms with Crippen LogP contribution in [0.2, 0.25) is 0 Å². The van der Waals surface area contributed by atoms with Gasteiger partial charge in [-0.25, -0.2) is 0 Å². The predicted octanol–water partition coefficient (Wildman–Crippen LogP) is 14.1. The van der Waals surface area contributed by atoms with Gasteiger partial charge >= 0.3 is 7.12 Å². The van der Waals surface area contributed by atoms with Crippen LogP contribution in [0.15, 0.2) is 171 Å². The minimum absolute atomic E-state index is 0.273. The number of nitrogens with zero attached hydrogens (tertiary/aromatic N) is 4. The largest absolute Gasteiger partial charge is 0.494 e. The topological polar surface area (TPSA) is 92.0 Å². The van der Waals surface area contributed by atoms with Crippen molar-refractivity contribution < 1.29 is 9.31 Å². The number of benzene rings is 6. The monoisotopic (exact) mass is 836 g/mol. The molecule has 6 aromatic rings. The Labute approximate surface area is 353 Å². The van der Waals surface area contributed by atoms with Crippen LogP contribution in [0, 0.1) is 13.8 Å². The van der Waals surface area contributed by atoms with Crippen LogP contribution in [0.4, 0.5) is 34.1 Å². The van der Waals surface area contributed by atoms with E-state index < -0.39 is 0 Å². The van der Waals surface area contributed by atoms with Crippen molar-refractivity contribution >= 4 is 62.6 Å². The number of halogens is 1. The second-order valence-electron chi connectivity index (χ2n) is 14.9. The molecule has 298 valence electrons. The second-order valence-corrected chi connectivity index (χ2v) is 15.9. The maximum atomic E-state index is 6.01. The molecule has 8 nitrogen and oxygen atoms in total. The highest BCUT2D eigenvalue weighted by atomic mass is 79.9. The molecule has 0 amide bonds. The van der Waals surface area contributed by atoms with Gasteiger partial charge in [0.05, 0.1) is 34.0 Å². The van der Waals surface area contributed by atoms with Gasteiger partial charge in [0, 0.05) is 28.9 Å². The predicted molar refractivity (Wildman–Crippen MR) is 247 cm³/mol. The summed E-state index contributed by atoms with van der Waals surface area (Å²) < 4.78 is 13.1. The first kappa shape index (κ1) is 43.7. The van der Waals surface area contributed by atoms with E-state index in [1.807, 2.05) is 84.9 Å². The zero-order valence-electron chi connectivity index (χ0n) is 34.8. The molecule has 2 N–H and O–H groups in total. The van der Waals surface area contributed by atoms with E-state index in [1.54, 1.807) is 0 Å². The molecule has 0 aromatic heterocycles. The first-order chi connectivity index (χ1) is 27.8. The van der Waals surface area contributed by atoms with E-state index in [0.29, 0.717) is 0 Å². The van der Waals surface area contributed by atoms with Gasteiger partial charge in [-0.05, 0) is 157 Å². The summed E-state index contributed by atoms with van der Waals surface area (Å²) in [4.78, 5) is 0. The molecule has 1 saturated heterocycles. The van der Waals surface area contributed by atoms with Gasteiger partial charge in [0.1, 0.15) is 0 Å². The Morgan fingerprint density at radius 1 is 0.466 bits per heavy atom. The van der Waals surface area contributed by atoms with Gasteiger partial charge in [0.2, 0.25) is 0 Å². The molecular formula is C48H54BBrN6O2. The molecule has 0 atom stereocenters. The number of nitrogens with one attached hydrogen (secondary N) is 2. The average molecular weight is 838 g/mol. The Balaban J connectivity index is 0.000000170. The number of anilines is 2. The van der Waals surface area contributed by atoms with E-state index in [0.717, 1.165) is 57.1 Å². The van der Waals surface area contributed by atoms with Crippen molar-refractivity contribution in [3.05, 3.63) is 161 Å². The van der Waals surface area contributed by atoms with Gasteiger partial charge in [-0.1, -0.05) is 87.7 Å². The molecule has 1 fully saturated rings. The van der Waals surface area contributed by atoms with E-state index in [4.69, 9.17) is 9.31 Å². The maximum Gasteiger partial charge on any atom is 0.494 e. The summed E-state index contributed by atoms with van der Waals surface area (Å²) in [6.45, 7) is 18.4. The molecule has 0 spiro atoms. The molecule has 0 bridgehead atoms. The number of azo groups is 2. The van der Waals surface area contributed by atoms with E-state index in [1.165, 1.54) is 22.3 Å². The van der Waals surface area contributed by atoms with Crippen LogP contribution in [0.3, 0.4) is 0 Å². The average Bonchev–Trinajstić information content (AvgIpc) is 3.45. The summed E-state index contributed by atoms with van der Waals surface area (Å²) in [5.74, 6) is 0. The van der Waals surface area contributed by atoms with Gasteiger partial charge in [-0.2, -0.15) is 20.5 Å². The lowest BCUT2D eigenvalue weighted by Crippen LogP contribution is -2.41. The fourth-order valence-corrected chi connectivity index (χ4v) is 5.87. The lowest BCUT2D eigenvalue weighted by molar-refractivity contribution is 0.00578. The molecule has 0 saturated carbocycles. The fraction of sp³-hybridized carbons (Fsp3) is 0.250. The van der Waals surface area contributed by atoms with Gasteiger partial charge in [0.25, 0.3) is 0 Å². The molecule has 6 aromatic carbocycles. The Bertz CT molecular complexity index is 2140. The smallest absolute Gasteiger partial charge is 0.399 e. The van der Waals surface area contributed by atoms with Crippen LogP contribution >= 0.6 is 15.9 Å². The highest BCUT2D eigenvalue weighted by molar-refractivity contribution is 9.10. The van der Waals surface area contributed by atoms with Crippen LogP contribution < -0.4 is 16.1 Å². The quantitative estimate of drug-likeness (QED) is 0.106. The molecule has 0 aliphatic carbocycles. The standard InChI is InChI=1S/C21H21N3.C14H22BNO2.C13H11BrN2/c1-3-22-19-12-6-17(7-13-19)18-8-14-21(15-9-18)24-23-20-10-4-16(2)5-11-20;1-6-16-12-9-7-11(8-10-12)15-17-13(2,3)14(4,5)18-15;1-10-2-6-12(7-3-10)15-16-13-8-4-11(14)5-9-13/h4-15,22H,3H2,1-2H3;7-10,16H,6H2,1-5H3;2-9H,1H3. The van der Waals surface area contributed by atoms with Gasteiger partial charge in [0.15, 0.2) is 0 Å². The molecule has 7 rings (SSSR count). The zero-order chi connectivity index (χ0) is 41.5. The number of rotatable bonds is 10. The van der Waals surface area contributed by atoms with Crippen molar-refractivity contribution in [3.8, 4) is 11.1 Å². The highest BCUT2D eigenvalue weighted by Gasteiger charge is 2.51. The molecule has 0 radical (unpaired) electrons. The lowest BCUT2D eigenvalue weighted by Gasteiger charge is -2.32. The first-order valence-corrected chi connectivity index (χ1v) is 20.5. The molecule has 10 heteroatoms. The second kappa shape index (κ2) is 20.8. The van der Waals surface area contributed by atoms with Gasteiger partial charge in [-0.3, -0.25) is 0 Å². The van der Waals surface area contributed by atoms with Crippen molar-refractivity contribution in [1.29, 1.82) is 0 Å². The Kier molecular flexibility index (Phi) is 15.7. The third-order valence-electron chi connectivity index (χ3n) is 9.74. The van der Waals surface area contributed by atoms with E-state index in [-0.39, 0.29) is 18.3 Å². The van der Waals surface area contributed by atoms with Crippen molar-refractivity contribution in [2.75, 3.05) is 23.7 Å². The summed E-state index contributed by atoms with van der Waals surface area (Å²) in [5, 5.41) is 23.5. The summed E-state index contributed by atoms with van der Waals surface area (Å²) in [5.41, 5.74) is 11.0. The Hall–Kier alpha value is -5.42. The molecule has 1 aliphatic rings. The zero-order valence-corrected chi connectivity index (χ0v) is 36.4. The van der Waals surface area contributed by atoms with Gasteiger partial charge in [-0.15, -0.1) is 0 Å². The number of aryl methyl sites for hydroxylation is 2. The van der Waals surface area contributed by atoms with Crippen LogP contribution in [0.5, 0.6) is 0 Å². The molecular weight excluding hydrogens is 783 g/mol. The summed E-state index contributed by atoms with van der Waals surface area (Å²) in [7, 11) is -0.273. The van der Waals surface area contributed by atoms with E-state index >= 15 is 0 Å². The first-order valence-electron chi connectivity index (χ1n) is 19.7. The normalized spacial score (nSPS) is 14.1. The van der Waals surface area contributed by atoms with Crippen molar-refractivity contribution in [3.63, 3.8) is 0 Å². The summed E-state index contributed by atoms with van der Waals surface area (Å²) in [6.07, 6.45) is 0. The Morgan fingerprint density at radius 3 is 1.14 bits per heavy atom. The van der Waals surface area contributed by atoms with E-state index in [2.05, 4.69) is 163 Å². The lowest BCUT2D eigenvalue weighted by atomic mass is 9.79. The van der Waals surface area contributed by atoms with Crippen LogP contribution in [-0.2, 0) is 9.31 Å². The summed E-state index contributed by atoms with van der Waals surface area (Å²) in [6, 6.07) is 48.5. The number of hydrogen-bond donors (Lipinski definition) is 2. The minimum Gasteiger partial charge on any atom is -0.399 e. The molecule has 1 aliphatic heterocycles. The SMILES string of the molecule is CCNc1ccc(-c2ccc(N=Nc3ccc(C)cc3)cc2)cc1.CCNc1ccc(B2OC(C)(C)C(C)(C)O2)cc1.Cc1ccc(N=Nc2ccc(Br)cc2)cc1. The summed E-state index contributed by atoms with van der Waals surface area (Å²) >= 11 is 3.38. The maximum absolute atomic E-state index is 6.01. The third-order valence-corrected chi connectivity index (χ3v) is 10.3. The third kappa shape index (κ3) is 13.1. The van der Waals surface area contributed by atoms with Crippen LogP contribution in [0.25, 0.3) is 11.1 Å². The minimum atomic E-state index is -0.280. The van der Waals surface area contributed by atoms with Crippen LogP contribution in [-0.4, -0.2) is 31.4 Å². The molecule has 58 heavy (non-hydrogen) atoms. The molecule has 0 unspecified atom stereocenters. The number of hydrogen-bond acceptors (Lipinski definition) is 8. The van der Waals surface area contributed by atoms with Crippen molar-refractivity contribution in [2.45, 2.75) is 66.6 Å². The van der Waals surface area contributed by atoms with Crippen molar-refractivity contribution in [2.24, 2.45) is 20.5 Å². The van der Waals surface area contributed by atoms with Crippen molar-refractivity contribution in [1.82, 2.24) is 0 Å². The highest BCUT2D eigenvalue weighted by Crippen LogP contribution is 2.36. The molecule has 1 heterocycles. The van der Waals surface area contributed by atoms with Gasteiger partial charge < -0.3 is 19.9 Å². The van der Waals surface area contributed by atoms with Crippen LogP contribution in [0.1, 0.15) is 52.7 Å². The Morgan fingerprint density at radius 2 is 0.776 bits per heavy atom.